The molecule has 1 aromatic rings. The third-order valence-electron chi connectivity index (χ3n) is 3.00. The zero-order chi connectivity index (χ0) is 17.8. The van der Waals surface area contributed by atoms with Crippen LogP contribution in [-0.2, 0) is 0 Å². The van der Waals surface area contributed by atoms with E-state index in [1.807, 2.05) is 37.2 Å². The fourth-order valence-corrected chi connectivity index (χ4v) is 2.87. The minimum absolute atomic E-state index is 0.774. The third-order valence-corrected chi connectivity index (χ3v) is 4.77. The quantitative estimate of drug-likeness (QED) is 0.650. The number of hydrogen-bond acceptors (Lipinski definition) is 2. The van der Waals surface area contributed by atoms with Crippen molar-refractivity contribution >= 4 is 21.8 Å². The number of hydrogen-bond donors (Lipinski definition) is 1. The Morgan fingerprint density at radius 1 is 0.957 bits per heavy atom. The van der Waals surface area contributed by atoms with E-state index in [1.54, 1.807) is 0 Å². The normalized spacial score (nSPS) is 12.6. The summed E-state index contributed by atoms with van der Waals surface area (Å²) in [7, 11) is 1.03. The van der Waals surface area contributed by atoms with E-state index < -0.39 is 22.3 Å². The van der Waals surface area contributed by atoms with Gasteiger partial charge in [0, 0.05) is 30.9 Å². The molecule has 23 heavy (non-hydrogen) atoms. The molecule has 0 bridgehead atoms. The molecule has 124 valence electrons. The van der Waals surface area contributed by atoms with Gasteiger partial charge in [0.15, 0.2) is 0 Å². The third kappa shape index (κ3) is 7.09. The summed E-state index contributed by atoms with van der Waals surface area (Å²) in [6.07, 6.45) is -0.774. The van der Waals surface area contributed by atoms with Gasteiger partial charge in [-0.2, -0.15) is 0 Å². The van der Waals surface area contributed by atoms with Gasteiger partial charge in [0.2, 0.25) is 0 Å². The molecule has 0 aliphatic heterocycles. The average Bonchev–Trinajstić information content (AvgIpc) is 2.40. The van der Waals surface area contributed by atoms with Crippen molar-refractivity contribution < 1.29 is 5.11 Å². The maximum absolute atomic E-state index is 10.5. The Hall–Kier alpha value is -1.47. The molecular weight excluding hydrogens is 314 g/mol. The summed E-state index contributed by atoms with van der Waals surface area (Å²) in [4.78, 5) is 2.05. The van der Waals surface area contributed by atoms with Crippen LogP contribution >= 0.6 is 0 Å². The first-order valence-corrected chi connectivity index (χ1v) is 14.9. The number of aliphatic hydroxyl groups excluding tert-OH is 1. The lowest BCUT2D eigenvalue weighted by Gasteiger charge is -2.16. The maximum atomic E-state index is 10.5. The lowest BCUT2D eigenvalue weighted by Crippen LogP contribution is -2.17. The molecule has 2 nitrogen and oxygen atoms in total. The topological polar surface area (TPSA) is 23.5 Å². The van der Waals surface area contributed by atoms with Gasteiger partial charge in [-0.1, -0.05) is 57.2 Å². The first kappa shape index (κ1) is 19.6. The van der Waals surface area contributed by atoms with E-state index in [4.69, 9.17) is 0 Å². The molecule has 0 amide bonds. The van der Waals surface area contributed by atoms with Crippen molar-refractivity contribution in [1.82, 2.24) is 0 Å². The Balaban J connectivity index is 3.34. The van der Waals surface area contributed by atoms with Crippen LogP contribution in [-0.4, -0.2) is 35.3 Å². The molecule has 1 atom stereocenters. The first-order valence-electron chi connectivity index (χ1n) is 7.94. The van der Waals surface area contributed by atoms with Crippen LogP contribution in [0.2, 0.25) is 39.3 Å². The number of aliphatic hydroxyl groups is 1. The molecule has 1 unspecified atom stereocenters. The SMILES string of the molecule is CN(C)c1ccc(C(O)C#C[Si](C)(C)C)c(C#C[Si](C)(C)C)c1. The van der Waals surface area contributed by atoms with E-state index in [9.17, 15) is 5.11 Å². The second-order valence-electron chi connectivity index (χ2n) is 8.09. The van der Waals surface area contributed by atoms with Crippen molar-refractivity contribution in [2.24, 2.45) is 0 Å². The van der Waals surface area contributed by atoms with Crippen LogP contribution in [0.4, 0.5) is 5.69 Å². The number of benzene rings is 1. The minimum atomic E-state index is -1.51. The van der Waals surface area contributed by atoms with Crippen LogP contribution in [0.25, 0.3) is 0 Å². The molecule has 0 aliphatic carbocycles. The minimum Gasteiger partial charge on any atom is -0.378 e. The van der Waals surface area contributed by atoms with Crippen LogP contribution in [0.15, 0.2) is 18.2 Å². The highest BCUT2D eigenvalue weighted by molar-refractivity contribution is 6.84. The van der Waals surface area contributed by atoms with Gasteiger partial charge in [-0.25, -0.2) is 0 Å². The molecule has 0 saturated heterocycles. The van der Waals surface area contributed by atoms with E-state index in [0.29, 0.717) is 0 Å². The summed E-state index contributed by atoms with van der Waals surface area (Å²) in [5.74, 6) is 6.32. The van der Waals surface area contributed by atoms with Crippen molar-refractivity contribution in [3.05, 3.63) is 29.3 Å². The van der Waals surface area contributed by atoms with Gasteiger partial charge in [-0.3, -0.25) is 0 Å². The van der Waals surface area contributed by atoms with Crippen LogP contribution in [0.5, 0.6) is 0 Å². The lowest BCUT2D eigenvalue weighted by molar-refractivity contribution is 0.238. The smallest absolute Gasteiger partial charge is 0.140 e. The standard InChI is InChI=1S/C19H29NOSi2/c1-20(2)17-9-10-18(19(21)12-14-23(6,7)8)16(15-17)11-13-22(3,4)5/h9-10,15,19,21H,1-8H3. The fraction of sp³-hybridized carbons (Fsp3) is 0.474. The predicted molar refractivity (Wildman–Crippen MR) is 107 cm³/mol. The second-order valence-corrected chi connectivity index (χ2v) is 17.6. The van der Waals surface area contributed by atoms with Gasteiger partial charge >= 0.3 is 0 Å². The maximum Gasteiger partial charge on any atom is 0.140 e. The van der Waals surface area contributed by atoms with Crippen molar-refractivity contribution in [3.63, 3.8) is 0 Å². The van der Waals surface area contributed by atoms with Crippen molar-refractivity contribution in [2.75, 3.05) is 19.0 Å². The average molecular weight is 344 g/mol. The zero-order valence-corrected chi connectivity index (χ0v) is 17.7. The summed E-state index contributed by atoms with van der Waals surface area (Å²) in [6, 6.07) is 6.00. The van der Waals surface area contributed by atoms with E-state index in [0.717, 1.165) is 16.8 Å². The Bertz CT molecular complexity index is 674. The fourth-order valence-electron chi connectivity index (χ4n) is 1.79. The highest BCUT2D eigenvalue weighted by Gasteiger charge is 2.14. The molecule has 1 N–H and O–H groups in total. The highest BCUT2D eigenvalue weighted by Crippen LogP contribution is 2.23. The van der Waals surface area contributed by atoms with E-state index in [-0.39, 0.29) is 0 Å². The second kappa shape index (κ2) is 7.40. The predicted octanol–water partition coefficient (Wildman–Crippen LogP) is 3.90. The molecule has 4 heteroatoms. The van der Waals surface area contributed by atoms with Crippen molar-refractivity contribution in [1.29, 1.82) is 0 Å². The zero-order valence-electron chi connectivity index (χ0n) is 15.7. The number of nitrogens with zero attached hydrogens (tertiary/aromatic N) is 1. The number of anilines is 1. The molecule has 0 heterocycles. The van der Waals surface area contributed by atoms with Gasteiger partial charge in [-0.15, -0.1) is 11.1 Å². The van der Waals surface area contributed by atoms with Crippen LogP contribution < -0.4 is 4.90 Å². The Morgan fingerprint density at radius 3 is 2.00 bits per heavy atom. The Labute approximate surface area is 143 Å². The molecular formula is C19H29NOSi2. The summed E-state index contributed by atoms with van der Waals surface area (Å²) < 4.78 is 0. The van der Waals surface area contributed by atoms with E-state index in [1.165, 1.54) is 0 Å². The van der Waals surface area contributed by atoms with Gasteiger partial charge in [0.25, 0.3) is 0 Å². The summed E-state index contributed by atoms with van der Waals surface area (Å²) >= 11 is 0. The molecule has 0 radical (unpaired) electrons. The molecule has 0 spiro atoms. The monoisotopic (exact) mass is 343 g/mol. The molecule has 0 aromatic heterocycles. The lowest BCUT2D eigenvalue weighted by atomic mass is 10.0. The molecule has 0 saturated carbocycles. The van der Waals surface area contributed by atoms with Gasteiger partial charge in [0.1, 0.15) is 22.3 Å². The summed E-state index contributed by atoms with van der Waals surface area (Å²) in [5.41, 5.74) is 9.42. The molecule has 1 rings (SSSR count). The van der Waals surface area contributed by atoms with Gasteiger partial charge in [0.05, 0.1) is 0 Å². The Morgan fingerprint density at radius 2 is 1.52 bits per heavy atom. The first-order chi connectivity index (χ1) is 10.4. The van der Waals surface area contributed by atoms with Crippen LogP contribution in [0.1, 0.15) is 17.2 Å². The highest BCUT2D eigenvalue weighted by atomic mass is 28.3. The van der Waals surface area contributed by atoms with E-state index in [2.05, 4.69) is 62.2 Å². The van der Waals surface area contributed by atoms with Gasteiger partial charge < -0.3 is 10.0 Å². The van der Waals surface area contributed by atoms with Gasteiger partial charge in [-0.05, 0) is 12.1 Å². The summed E-state index contributed by atoms with van der Waals surface area (Å²) in [6.45, 7) is 13.2. The molecule has 0 aliphatic rings. The van der Waals surface area contributed by atoms with Crippen molar-refractivity contribution in [3.8, 4) is 22.9 Å². The van der Waals surface area contributed by atoms with Crippen molar-refractivity contribution in [2.45, 2.75) is 45.4 Å². The largest absolute Gasteiger partial charge is 0.378 e. The molecule has 1 aromatic carbocycles. The summed E-state index contributed by atoms with van der Waals surface area (Å²) in [5, 5.41) is 10.5. The number of rotatable bonds is 2. The van der Waals surface area contributed by atoms with Crippen LogP contribution in [0, 0.1) is 22.9 Å². The molecule has 0 fully saturated rings. The Kier molecular flexibility index (Phi) is 6.30. The van der Waals surface area contributed by atoms with Crippen LogP contribution in [0.3, 0.4) is 0 Å². The van der Waals surface area contributed by atoms with E-state index >= 15 is 0 Å².